The van der Waals surface area contributed by atoms with Gasteiger partial charge < -0.3 is 5.53 Å². The van der Waals surface area contributed by atoms with Crippen LogP contribution >= 0.6 is 0 Å². The molecule has 0 unspecified atom stereocenters. The van der Waals surface area contributed by atoms with Crippen molar-refractivity contribution in [2.24, 2.45) is 0 Å². The SMILES string of the molecule is CC(=[N+]=[N-])C(=O)CC(C)(C)c1ccccc1. The minimum absolute atomic E-state index is 0.128. The molecule has 84 valence electrons. The Labute approximate surface area is 95.7 Å². The number of benzene rings is 1. The highest BCUT2D eigenvalue weighted by molar-refractivity contribution is 6.36. The quantitative estimate of drug-likeness (QED) is 0.433. The van der Waals surface area contributed by atoms with Gasteiger partial charge in [0.1, 0.15) is 0 Å². The first-order chi connectivity index (χ1) is 7.47. The van der Waals surface area contributed by atoms with Crippen LogP contribution in [-0.4, -0.2) is 16.3 Å². The van der Waals surface area contributed by atoms with Gasteiger partial charge in [-0.15, -0.1) is 0 Å². The predicted octanol–water partition coefficient (Wildman–Crippen LogP) is 2.61. The Morgan fingerprint density at radius 3 is 2.38 bits per heavy atom. The molecule has 0 amide bonds. The molecule has 0 atom stereocenters. The number of Topliss-reactive ketones (excluding diaryl/α,β-unsaturated/α-hetero) is 1. The number of hydrogen-bond acceptors (Lipinski definition) is 1. The molecule has 1 rings (SSSR count). The summed E-state index contributed by atoms with van der Waals surface area (Å²) in [7, 11) is 0. The van der Waals surface area contributed by atoms with E-state index in [-0.39, 0.29) is 16.9 Å². The Morgan fingerprint density at radius 2 is 1.88 bits per heavy atom. The highest BCUT2D eigenvalue weighted by Crippen LogP contribution is 2.26. The summed E-state index contributed by atoms with van der Waals surface area (Å²) in [6, 6.07) is 9.85. The van der Waals surface area contributed by atoms with Gasteiger partial charge in [0.25, 0.3) is 0 Å². The lowest BCUT2D eigenvalue weighted by Crippen LogP contribution is -2.25. The van der Waals surface area contributed by atoms with Crippen molar-refractivity contribution in [2.45, 2.75) is 32.6 Å². The van der Waals surface area contributed by atoms with Gasteiger partial charge in [-0.25, -0.2) is 0 Å². The highest BCUT2D eigenvalue weighted by Gasteiger charge is 2.27. The van der Waals surface area contributed by atoms with Crippen molar-refractivity contribution in [2.75, 3.05) is 0 Å². The van der Waals surface area contributed by atoms with E-state index < -0.39 is 0 Å². The zero-order chi connectivity index (χ0) is 12.2. The van der Waals surface area contributed by atoms with Gasteiger partial charge in [0.05, 0.1) is 0 Å². The number of ketones is 1. The molecule has 1 aromatic rings. The average molecular weight is 216 g/mol. The molecule has 0 aliphatic heterocycles. The normalized spacial score (nSPS) is 10.7. The summed E-state index contributed by atoms with van der Waals surface area (Å²) in [5.41, 5.74) is 9.56. The average Bonchev–Trinajstić information content (AvgIpc) is 2.28. The van der Waals surface area contributed by atoms with Crippen LogP contribution in [0.3, 0.4) is 0 Å². The van der Waals surface area contributed by atoms with E-state index in [9.17, 15) is 4.79 Å². The number of nitrogens with zero attached hydrogens (tertiary/aromatic N) is 2. The van der Waals surface area contributed by atoms with E-state index in [4.69, 9.17) is 5.53 Å². The first-order valence-corrected chi connectivity index (χ1v) is 5.25. The fourth-order valence-electron chi connectivity index (χ4n) is 1.58. The number of carbonyl (C=O) groups excluding carboxylic acids is 1. The van der Waals surface area contributed by atoms with E-state index in [1.807, 2.05) is 44.2 Å². The fourth-order valence-corrected chi connectivity index (χ4v) is 1.58. The maximum Gasteiger partial charge on any atom is 0.331 e. The second-order valence-corrected chi connectivity index (χ2v) is 4.54. The molecule has 0 spiro atoms. The Morgan fingerprint density at radius 1 is 1.31 bits per heavy atom. The van der Waals surface area contributed by atoms with E-state index in [0.717, 1.165) is 5.56 Å². The lowest BCUT2D eigenvalue weighted by atomic mass is 9.79. The largest absolute Gasteiger partial charge is 0.361 e. The van der Waals surface area contributed by atoms with E-state index >= 15 is 0 Å². The van der Waals surface area contributed by atoms with Crippen LogP contribution in [-0.2, 0) is 10.2 Å². The fraction of sp³-hybridized carbons (Fsp3) is 0.385. The predicted molar refractivity (Wildman–Crippen MR) is 63.4 cm³/mol. The molecule has 0 saturated carbocycles. The van der Waals surface area contributed by atoms with Gasteiger partial charge in [-0.05, 0) is 11.0 Å². The Bertz CT molecular complexity index is 429. The molecule has 0 saturated heterocycles. The second kappa shape index (κ2) is 4.86. The van der Waals surface area contributed by atoms with E-state index in [0.29, 0.717) is 6.42 Å². The molecule has 0 N–H and O–H groups in total. The Kier molecular flexibility index (Phi) is 3.75. The zero-order valence-electron chi connectivity index (χ0n) is 9.90. The Balaban J connectivity index is 2.88. The molecular weight excluding hydrogens is 200 g/mol. The van der Waals surface area contributed by atoms with Gasteiger partial charge in [0, 0.05) is 13.3 Å². The third kappa shape index (κ3) is 2.88. The van der Waals surface area contributed by atoms with E-state index in [2.05, 4.69) is 4.79 Å². The van der Waals surface area contributed by atoms with Crippen LogP contribution in [0.1, 0.15) is 32.8 Å². The van der Waals surface area contributed by atoms with Gasteiger partial charge in [0.15, 0.2) is 0 Å². The summed E-state index contributed by atoms with van der Waals surface area (Å²) >= 11 is 0. The first kappa shape index (κ1) is 12.3. The van der Waals surface area contributed by atoms with Crippen LogP contribution in [0.4, 0.5) is 0 Å². The monoisotopic (exact) mass is 216 g/mol. The van der Waals surface area contributed by atoms with Crippen molar-refractivity contribution in [1.29, 1.82) is 0 Å². The van der Waals surface area contributed by atoms with Crippen molar-refractivity contribution in [3.05, 3.63) is 41.4 Å². The number of carbonyl (C=O) groups is 1. The van der Waals surface area contributed by atoms with Gasteiger partial charge in [-0.1, -0.05) is 44.2 Å². The lowest BCUT2D eigenvalue weighted by Gasteiger charge is -2.23. The van der Waals surface area contributed by atoms with Crippen LogP contribution in [0.25, 0.3) is 5.53 Å². The first-order valence-electron chi connectivity index (χ1n) is 5.25. The molecule has 3 heteroatoms. The summed E-state index contributed by atoms with van der Waals surface area (Å²) in [4.78, 5) is 14.6. The molecule has 0 fully saturated rings. The number of rotatable bonds is 4. The smallest absolute Gasteiger partial charge is 0.331 e. The van der Waals surface area contributed by atoms with Crippen molar-refractivity contribution in [1.82, 2.24) is 0 Å². The van der Waals surface area contributed by atoms with Gasteiger partial charge in [0.2, 0.25) is 5.78 Å². The van der Waals surface area contributed by atoms with Gasteiger partial charge in [-0.2, -0.15) is 4.79 Å². The zero-order valence-corrected chi connectivity index (χ0v) is 9.90. The van der Waals surface area contributed by atoms with Crippen LogP contribution in [0.5, 0.6) is 0 Å². The minimum Gasteiger partial charge on any atom is -0.361 e. The summed E-state index contributed by atoms with van der Waals surface area (Å²) in [6.45, 7) is 5.53. The van der Waals surface area contributed by atoms with Crippen LogP contribution in [0.15, 0.2) is 30.3 Å². The molecule has 0 aliphatic carbocycles. The maximum atomic E-state index is 11.7. The molecule has 0 radical (unpaired) electrons. The molecule has 0 aliphatic rings. The van der Waals surface area contributed by atoms with Gasteiger partial charge in [-0.3, -0.25) is 4.79 Å². The van der Waals surface area contributed by atoms with Crippen molar-refractivity contribution in [3.63, 3.8) is 0 Å². The second-order valence-electron chi connectivity index (χ2n) is 4.54. The third-order valence-corrected chi connectivity index (χ3v) is 2.71. The summed E-state index contributed by atoms with van der Waals surface area (Å²) < 4.78 is 0. The topological polar surface area (TPSA) is 53.5 Å². The lowest BCUT2D eigenvalue weighted by molar-refractivity contribution is -0.118. The third-order valence-electron chi connectivity index (χ3n) is 2.71. The summed E-state index contributed by atoms with van der Waals surface area (Å²) in [5, 5.41) is 0. The molecule has 1 aromatic carbocycles. The standard InChI is InChI=1S/C13H16N2O/c1-10(15-14)12(16)9-13(2,3)11-7-5-4-6-8-11/h4-8H,9H2,1-3H3. The van der Waals surface area contributed by atoms with Crippen LogP contribution in [0.2, 0.25) is 0 Å². The molecule has 3 nitrogen and oxygen atoms in total. The summed E-state index contributed by atoms with van der Waals surface area (Å²) in [6.07, 6.45) is 0.340. The van der Waals surface area contributed by atoms with Crippen molar-refractivity contribution >= 4 is 11.5 Å². The highest BCUT2D eigenvalue weighted by atomic mass is 16.1. The van der Waals surface area contributed by atoms with E-state index in [1.54, 1.807) is 0 Å². The van der Waals surface area contributed by atoms with Gasteiger partial charge >= 0.3 is 5.71 Å². The minimum atomic E-state index is -0.246. The molecule has 16 heavy (non-hydrogen) atoms. The molecular formula is C13H16N2O. The molecule has 0 bridgehead atoms. The van der Waals surface area contributed by atoms with Crippen molar-refractivity contribution < 1.29 is 9.58 Å². The maximum absolute atomic E-state index is 11.7. The molecule has 0 heterocycles. The summed E-state index contributed by atoms with van der Waals surface area (Å²) in [5.74, 6) is -0.128. The number of hydrogen-bond donors (Lipinski definition) is 0. The van der Waals surface area contributed by atoms with Crippen LogP contribution < -0.4 is 0 Å². The van der Waals surface area contributed by atoms with Crippen LogP contribution in [0, 0.1) is 0 Å². The van der Waals surface area contributed by atoms with Crippen molar-refractivity contribution in [3.8, 4) is 0 Å². The molecule has 0 aromatic heterocycles. The Hall–Kier alpha value is -1.73. The van der Waals surface area contributed by atoms with E-state index in [1.165, 1.54) is 6.92 Å².